The average molecular weight is 263 g/mol. The molecule has 1 heterocycles. The minimum atomic E-state index is 0.640. The topological polar surface area (TPSA) is 50.5 Å². The van der Waals surface area contributed by atoms with Crippen LogP contribution in [-0.2, 0) is 0 Å². The molecule has 1 aromatic rings. The van der Waals surface area contributed by atoms with Gasteiger partial charge in [-0.05, 0) is 44.0 Å². The number of likely N-dealkylation sites (tertiary alicyclic amines) is 1. The lowest BCUT2D eigenvalue weighted by molar-refractivity contribution is 0.294. The quantitative estimate of drug-likeness (QED) is 0.774. The fraction of sp³-hybridized carbons (Fsp3) is 0.600. The molecule has 0 bridgehead atoms. The third-order valence-electron chi connectivity index (χ3n) is 3.66. The van der Waals surface area contributed by atoms with Crippen molar-refractivity contribution in [2.24, 2.45) is 5.92 Å². The standard InChI is InChI=1S/C15H25N3O/c1-12(11-18-7-3-4-8-18)10-17-13-5-6-14(16)15(9-13)19-2/h5-6,9,12,17H,3-4,7-8,10-11,16H2,1-2H3. The highest BCUT2D eigenvalue weighted by Gasteiger charge is 2.14. The molecule has 1 atom stereocenters. The van der Waals surface area contributed by atoms with Gasteiger partial charge >= 0.3 is 0 Å². The van der Waals surface area contributed by atoms with E-state index in [1.54, 1.807) is 7.11 Å². The first-order chi connectivity index (χ1) is 9.19. The van der Waals surface area contributed by atoms with Crippen LogP contribution in [0, 0.1) is 5.92 Å². The van der Waals surface area contributed by atoms with Crippen LogP contribution < -0.4 is 15.8 Å². The van der Waals surface area contributed by atoms with Crippen molar-refractivity contribution in [1.29, 1.82) is 0 Å². The molecule has 0 aromatic heterocycles. The van der Waals surface area contributed by atoms with Crippen molar-refractivity contribution in [3.05, 3.63) is 18.2 Å². The summed E-state index contributed by atoms with van der Waals surface area (Å²) in [5, 5.41) is 3.46. The molecule has 1 aliphatic rings. The smallest absolute Gasteiger partial charge is 0.143 e. The Labute approximate surface area is 115 Å². The van der Waals surface area contributed by atoms with E-state index in [4.69, 9.17) is 10.5 Å². The summed E-state index contributed by atoms with van der Waals surface area (Å²) < 4.78 is 5.23. The summed E-state index contributed by atoms with van der Waals surface area (Å²) in [4.78, 5) is 2.55. The number of nitrogens with one attached hydrogen (secondary N) is 1. The average Bonchev–Trinajstić information content (AvgIpc) is 2.90. The lowest BCUT2D eigenvalue weighted by Gasteiger charge is -2.21. The largest absolute Gasteiger partial charge is 0.495 e. The fourth-order valence-corrected chi connectivity index (χ4v) is 2.58. The van der Waals surface area contributed by atoms with Gasteiger partial charge in [0.05, 0.1) is 12.8 Å². The second kappa shape index (κ2) is 6.66. The number of benzene rings is 1. The number of anilines is 2. The molecule has 1 fully saturated rings. The maximum Gasteiger partial charge on any atom is 0.143 e. The molecule has 1 aliphatic heterocycles. The number of nitrogens with zero attached hydrogens (tertiary/aromatic N) is 1. The molecule has 1 aromatic carbocycles. The van der Waals surface area contributed by atoms with Crippen LogP contribution in [0.5, 0.6) is 5.75 Å². The van der Waals surface area contributed by atoms with E-state index in [2.05, 4.69) is 17.1 Å². The van der Waals surface area contributed by atoms with E-state index in [-0.39, 0.29) is 0 Å². The second-order valence-corrected chi connectivity index (χ2v) is 5.45. The Morgan fingerprint density at radius 1 is 1.37 bits per heavy atom. The van der Waals surface area contributed by atoms with Gasteiger partial charge in [-0.2, -0.15) is 0 Å². The van der Waals surface area contributed by atoms with E-state index in [9.17, 15) is 0 Å². The molecule has 106 valence electrons. The van der Waals surface area contributed by atoms with Crippen molar-refractivity contribution in [2.75, 3.05) is 44.3 Å². The zero-order chi connectivity index (χ0) is 13.7. The van der Waals surface area contributed by atoms with Crippen molar-refractivity contribution < 1.29 is 4.74 Å². The molecule has 1 unspecified atom stereocenters. The Balaban J connectivity index is 1.80. The Morgan fingerprint density at radius 2 is 2.11 bits per heavy atom. The van der Waals surface area contributed by atoms with E-state index in [1.165, 1.54) is 32.5 Å². The summed E-state index contributed by atoms with van der Waals surface area (Å²) in [5.41, 5.74) is 7.55. The first-order valence-corrected chi connectivity index (χ1v) is 7.09. The van der Waals surface area contributed by atoms with Crippen LogP contribution in [0.4, 0.5) is 11.4 Å². The third kappa shape index (κ3) is 4.03. The lowest BCUT2D eigenvalue weighted by atomic mass is 10.1. The zero-order valence-electron chi connectivity index (χ0n) is 12.0. The Kier molecular flexibility index (Phi) is 4.91. The Bertz CT molecular complexity index is 402. The van der Waals surface area contributed by atoms with Crippen LogP contribution in [0.1, 0.15) is 19.8 Å². The van der Waals surface area contributed by atoms with E-state index in [1.807, 2.05) is 18.2 Å². The molecule has 19 heavy (non-hydrogen) atoms. The molecule has 3 N–H and O–H groups in total. The van der Waals surface area contributed by atoms with Gasteiger partial charge in [0.1, 0.15) is 5.75 Å². The fourth-order valence-electron chi connectivity index (χ4n) is 2.58. The van der Waals surface area contributed by atoms with Crippen LogP contribution in [0.2, 0.25) is 0 Å². The van der Waals surface area contributed by atoms with E-state index in [0.717, 1.165) is 18.0 Å². The summed E-state index contributed by atoms with van der Waals surface area (Å²) in [6.07, 6.45) is 2.71. The minimum absolute atomic E-state index is 0.640. The maximum absolute atomic E-state index is 5.81. The normalized spacial score (nSPS) is 17.4. The molecule has 1 saturated heterocycles. The van der Waals surface area contributed by atoms with Gasteiger partial charge in [-0.3, -0.25) is 0 Å². The Hall–Kier alpha value is -1.42. The Morgan fingerprint density at radius 3 is 2.79 bits per heavy atom. The summed E-state index contributed by atoms with van der Waals surface area (Å²) in [7, 11) is 1.64. The molecule has 0 spiro atoms. The second-order valence-electron chi connectivity index (χ2n) is 5.45. The summed E-state index contributed by atoms with van der Waals surface area (Å²) >= 11 is 0. The number of hydrogen-bond donors (Lipinski definition) is 2. The van der Waals surface area contributed by atoms with Crippen molar-refractivity contribution >= 4 is 11.4 Å². The monoisotopic (exact) mass is 263 g/mol. The molecule has 4 heteroatoms. The molecule has 0 aliphatic carbocycles. The summed E-state index contributed by atoms with van der Waals surface area (Å²) in [6.45, 7) is 6.97. The van der Waals surface area contributed by atoms with Gasteiger partial charge in [0.25, 0.3) is 0 Å². The highest BCUT2D eigenvalue weighted by atomic mass is 16.5. The SMILES string of the molecule is COc1cc(NCC(C)CN2CCCC2)ccc1N. The predicted molar refractivity (Wildman–Crippen MR) is 80.7 cm³/mol. The van der Waals surface area contributed by atoms with Gasteiger partial charge in [-0.25, -0.2) is 0 Å². The van der Waals surface area contributed by atoms with E-state index in [0.29, 0.717) is 11.6 Å². The molecule has 0 saturated carbocycles. The highest BCUT2D eigenvalue weighted by molar-refractivity contribution is 5.61. The molecule has 2 rings (SSSR count). The number of ether oxygens (including phenoxy) is 1. The van der Waals surface area contributed by atoms with Gasteiger partial charge < -0.3 is 20.7 Å². The number of rotatable bonds is 6. The van der Waals surface area contributed by atoms with E-state index >= 15 is 0 Å². The van der Waals surface area contributed by atoms with Crippen molar-refractivity contribution in [2.45, 2.75) is 19.8 Å². The van der Waals surface area contributed by atoms with Crippen molar-refractivity contribution in [1.82, 2.24) is 4.90 Å². The summed E-state index contributed by atoms with van der Waals surface area (Å²) in [6, 6.07) is 5.84. The summed E-state index contributed by atoms with van der Waals surface area (Å²) in [5.74, 6) is 1.37. The van der Waals surface area contributed by atoms with Crippen LogP contribution in [0.15, 0.2) is 18.2 Å². The van der Waals surface area contributed by atoms with Crippen LogP contribution in [0.3, 0.4) is 0 Å². The van der Waals surface area contributed by atoms with Crippen LogP contribution in [-0.4, -0.2) is 38.2 Å². The minimum Gasteiger partial charge on any atom is -0.495 e. The molecular weight excluding hydrogens is 238 g/mol. The molecule has 0 amide bonds. The van der Waals surface area contributed by atoms with Crippen molar-refractivity contribution in [3.63, 3.8) is 0 Å². The first-order valence-electron chi connectivity index (χ1n) is 7.09. The maximum atomic E-state index is 5.81. The molecule has 0 radical (unpaired) electrons. The highest BCUT2D eigenvalue weighted by Crippen LogP contribution is 2.25. The predicted octanol–water partition coefficient (Wildman–Crippen LogP) is 2.42. The van der Waals surface area contributed by atoms with Crippen LogP contribution in [0.25, 0.3) is 0 Å². The van der Waals surface area contributed by atoms with Gasteiger partial charge in [-0.15, -0.1) is 0 Å². The van der Waals surface area contributed by atoms with Gasteiger partial charge in [-0.1, -0.05) is 6.92 Å². The number of nitrogen functional groups attached to an aromatic ring is 1. The number of nitrogens with two attached hydrogens (primary N) is 1. The number of methoxy groups -OCH3 is 1. The van der Waals surface area contributed by atoms with Gasteiger partial charge in [0.2, 0.25) is 0 Å². The van der Waals surface area contributed by atoms with Crippen molar-refractivity contribution in [3.8, 4) is 5.75 Å². The molecule has 4 nitrogen and oxygen atoms in total. The van der Waals surface area contributed by atoms with E-state index < -0.39 is 0 Å². The van der Waals surface area contributed by atoms with Gasteiger partial charge in [0, 0.05) is 24.8 Å². The zero-order valence-corrected chi connectivity index (χ0v) is 12.0. The van der Waals surface area contributed by atoms with Gasteiger partial charge in [0.15, 0.2) is 0 Å². The lowest BCUT2D eigenvalue weighted by Crippen LogP contribution is -2.28. The molecular formula is C15H25N3O. The third-order valence-corrected chi connectivity index (χ3v) is 3.66. The first kappa shape index (κ1) is 14.0. The number of hydrogen-bond acceptors (Lipinski definition) is 4. The van der Waals surface area contributed by atoms with Crippen LogP contribution >= 0.6 is 0 Å².